The van der Waals surface area contributed by atoms with Gasteiger partial charge in [0.1, 0.15) is 0 Å². The van der Waals surface area contributed by atoms with E-state index in [1.165, 1.54) is 0 Å². The van der Waals surface area contributed by atoms with Crippen molar-refractivity contribution in [2.24, 2.45) is 0 Å². The standard InChI is InChI=1S/C28H39N3O4/c1-5-30(6-2)15-9-17-34-27(32)21-12-14-25-24(19-21)23-13-11-22(20-26(23)29-25)28(33)35-18-10-16-31(7-3)8-4/h11-14,19-20,29H,5-10,15-18H2,1-4H3. The van der Waals surface area contributed by atoms with Crippen molar-refractivity contribution < 1.29 is 19.1 Å². The summed E-state index contributed by atoms with van der Waals surface area (Å²) in [6.45, 7) is 15.2. The van der Waals surface area contributed by atoms with Crippen LogP contribution in [0.4, 0.5) is 0 Å². The second-order valence-corrected chi connectivity index (χ2v) is 8.68. The van der Waals surface area contributed by atoms with Gasteiger partial charge in [-0.25, -0.2) is 9.59 Å². The highest BCUT2D eigenvalue weighted by molar-refractivity contribution is 6.10. The summed E-state index contributed by atoms with van der Waals surface area (Å²) in [5.74, 6) is -0.634. The number of benzene rings is 2. The number of esters is 2. The van der Waals surface area contributed by atoms with E-state index in [0.717, 1.165) is 73.9 Å². The molecule has 0 fully saturated rings. The molecule has 0 spiro atoms. The summed E-state index contributed by atoms with van der Waals surface area (Å²) in [4.78, 5) is 33.0. The van der Waals surface area contributed by atoms with Crippen molar-refractivity contribution in [1.82, 2.24) is 14.8 Å². The van der Waals surface area contributed by atoms with Gasteiger partial charge in [-0.1, -0.05) is 33.8 Å². The molecule has 0 atom stereocenters. The molecular weight excluding hydrogens is 442 g/mol. The fourth-order valence-corrected chi connectivity index (χ4v) is 4.31. The number of hydrogen-bond acceptors (Lipinski definition) is 6. The highest BCUT2D eigenvalue weighted by Gasteiger charge is 2.14. The number of nitrogens with one attached hydrogen (secondary N) is 1. The highest BCUT2D eigenvalue weighted by atomic mass is 16.5. The molecule has 0 saturated heterocycles. The van der Waals surface area contributed by atoms with E-state index in [4.69, 9.17) is 9.47 Å². The summed E-state index contributed by atoms with van der Waals surface area (Å²) in [7, 11) is 0. The summed E-state index contributed by atoms with van der Waals surface area (Å²) in [6.07, 6.45) is 1.63. The third-order valence-electron chi connectivity index (χ3n) is 6.56. The maximum absolute atomic E-state index is 12.6. The molecule has 1 aromatic heterocycles. The minimum Gasteiger partial charge on any atom is -0.462 e. The first kappa shape index (κ1) is 26.7. The average Bonchev–Trinajstić information content (AvgIpc) is 3.25. The average molecular weight is 482 g/mol. The van der Waals surface area contributed by atoms with Crippen molar-refractivity contribution in [3.8, 4) is 0 Å². The molecule has 0 saturated carbocycles. The lowest BCUT2D eigenvalue weighted by molar-refractivity contribution is 0.0480. The molecule has 0 radical (unpaired) electrons. The van der Waals surface area contributed by atoms with Crippen LogP contribution in [-0.4, -0.2) is 79.2 Å². The third-order valence-corrected chi connectivity index (χ3v) is 6.56. The van der Waals surface area contributed by atoms with Crippen molar-refractivity contribution in [3.05, 3.63) is 47.5 Å². The first-order valence-corrected chi connectivity index (χ1v) is 12.8. The van der Waals surface area contributed by atoms with Crippen molar-refractivity contribution in [2.45, 2.75) is 40.5 Å². The van der Waals surface area contributed by atoms with Crippen LogP contribution in [0.5, 0.6) is 0 Å². The van der Waals surface area contributed by atoms with Gasteiger partial charge in [0.15, 0.2) is 0 Å². The Morgan fingerprint density at radius 1 is 0.686 bits per heavy atom. The zero-order valence-corrected chi connectivity index (χ0v) is 21.6. The van der Waals surface area contributed by atoms with Gasteiger partial charge in [-0.05, 0) is 69.4 Å². The van der Waals surface area contributed by atoms with E-state index in [0.29, 0.717) is 24.3 Å². The van der Waals surface area contributed by atoms with Gasteiger partial charge in [0.05, 0.1) is 24.3 Å². The van der Waals surface area contributed by atoms with Crippen molar-refractivity contribution in [2.75, 3.05) is 52.5 Å². The molecular formula is C28H39N3O4. The largest absolute Gasteiger partial charge is 0.462 e. The fourth-order valence-electron chi connectivity index (χ4n) is 4.31. The van der Waals surface area contributed by atoms with E-state index in [1.807, 2.05) is 24.3 Å². The Kier molecular flexibility index (Phi) is 10.1. The molecule has 1 N–H and O–H groups in total. The van der Waals surface area contributed by atoms with Crippen LogP contribution in [0.1, 0.15) is 61.3 Å². The molecule has 1 heterocycles. The Balaban J connectivity index is 1.62. The molecule has 3 rings (SSSR count). The summed E-state index contributed by atoms with van der Waals surface area (Å²) >= 11 is 0. The topological polar surface area (TPSA) is 74.9 Å². The van der Waals surface area contributed by atoms with Gasteiger partial charge in [-0.2, -0.15) is 0 Å². The number of aromatic nitrogens is 1. The summed E-state index contributed by atoms with van der Waals surface area (Å²) in [6, 6.07) is 11.0. The molecule has 7 nitrogen and oxygen atoms in total. The van der Waals surface area contributed by atoms with Gasteiger partial charge < -0.3 is 24.3 Å². The van der Waals surface area contributed by atoms with Gasteiger partial charge in [0.25, 0.3) is 0 Å². The zero-order chi connectivity index (χ0) is 25.2. The SMILES string of the molecule is CCN(CC)CCCOC(=O)c1ccc2c(c1)[nH]c1ccc(C(=O)OCCCN(CC)CC)cc12. The number of nitrogens with zero attached hydrogens (tertiary/aromatic N) is 2. The van der Waals surface area contributed by atoms with Gasteiger partial charge in [-0.15, -0.1) is 0 Å². The van der Waals surface area contributed by atoms with Crippen LogP contribution < -0.4 is 0 Å². The Morgan fingerprint density at radius 2 is 1.20 bits per heavy atom. The summed E-state index contributed by atoms with van der Waals surface area (Å²) in [5, 5.41) is 1.88. The van der Waals surface area contributed by atoms with Crippen molar-refractivity contribution in [3.63, 3.8) is 0 Å². The van der Waals surface area contributed by atoms with Crippen LogP contribution in [0.25, 0.3) is 21.8 Å². The monoisotopic (exact) mass is 481 g/mol. The molecule has 190 valence electrons. The number of carbonyl (C=O) groups excluding carboxylic acids is 2. The molecule has 0 bridgehead atoms. The molecule has 3 aromatic rings. The number of H-pyrrole nitrogens is 1. The number of ether oxygens (including phenoxy) is 2. The molecule has 35 heavy (non-hydrogen) atoms. The van der Waals surface area contributed by atoms with Crippen LogP contribution in [0, 0.1) is 0 Å². The minimum atomic E-state index is -0.320. The van der Waals surface area contributed by atoms with Crippen molar-refractivity contribution in [1.29, 1.82) is 0 Å². The molecule has 7 heteroatoms. The molecule has 0 aliphatic carbocycles. The molecule has 2 aromatic carbocycles. The Bertz CT molecular complexity index is 1120. The fraction of sp³-hybridized carbons (Fsp3) is 0.500. The first-order valence-electron chi connectivity index (χ1n) is 12.8. The van der Waals surface area contributed by atoms with E-state index in [9.17, 15) is 9.59 Å². The van der Waals surface area contributed by atoms with Gasteiger partial charge >= 0.3 is 11.9 Å². The van der Waals surface area contributed by atoms with Gasteiger partial charge in [-0.3, -0.25) is 0 Å². The maximum Gasteiger partial charge on any atom is 0.338 e. The van der Waals surface area contributed by atoms with Gasteiger partial charge in [0, 0.05) is 34.9 Å². The Hall–Kier alpha value is -2.90. The van der Waals surface area contributed by atoms with E-state index in [-0.39, 0.29) is 11.9 Å². The maximum atomic E-state index is 12.6. The second kappa shape index (κ2) is 13.3. The van der Waals surface area contributed by atoms with E-state index in [2.05, 4.69) is 42.5 Å². The van der Waals surface area contributed by atoms with E-state index < -0.39 is 0 Å². The van der Waals surface area contributed by atoms with Crippen LogP contribution in [0.3, 0.4) is 0 Å². The number of hydrogen-bond donors (Lipinski definition) is 1. The van der Waals surface area contributed by atoms with E-state index >= 15 is 0 Å². The highest BCUT2D eigenvalue weighted by Crippen LogP contribution is 2.27. The van der Waals surface area contributed by atoms with Crippen molar-refractivity contribution >= 4 is 33.7 Å². The summed E-state index contributed by atoms with van der Waals surface area (Å²) in [5.41, 5.74) is 2.78. The number of aromatic amines is 1. The quantitative estimate of drug-likeness (QED) is 0.255. The second-order valence-electron chi connectivity index (χ2n) is 8.68. The lowest BCUT2D eigenvalue weighted by Gasteiger charge is -2.17. The Labute approximate surface area is 208 Å². The normalized spacial score (nSPS) is 11.6. The zero-order valence-electron chi connectivity index (χ0n) is 21.6. The summed E-state index contributed by atoms with van der Waals surface area (Å²) < 4.78 is 11.0. The Morgan fingerprint density at radius 3 is 1.74 bits per heavy atom. The molecule has 0 unspecified atom stereocenters. The van der Waals surface area contributed by atoms with Crippen LogP contribution in [0.15, 0.2) is 36.4 Å². The predicted molar refractivity (Wildman–Crippen MR) is 141 cm³/mol. The predicted octanol–water partition coefficient (Wildman–Crippen LogP) is 5.10. The lowest BCUT2D eigenvalue weighted by atomic mass is 10.1. The first-order chi connectivity index (χ1) is 17.0. The minimum absolute atomic E-state index is 0.314. The third kappa shape index (κ3) is 7.05. The van der Waals surface area contributed by atoms with Crippen LogP contribution in [-0.2, 0) is 9.47 Å². The number of fused-ring (bicyclic) bond motifs is 3. The molecule has 0 aliphatic rings. The smallest absolute Gasteiger partial charge is 0.338 e. The van der Waals surface area contributed by atoms with E-state index in [1.54, 1.807) is 12.1 Å². The van der Waals surface area contributed by atoms with Gasteiger partial charge in [0.2, 0.25) is 0 Å². The van der Waals surface area contributed by atoms with Crippen LogP contribution >= 0.6 is 0 Å². The van der Waals surface area contributed by atoms with Crippen LogP contribution in [0.2, 0.25) is 0 Å². The molecule has 0 aliphatic heterocycles. The lowest BCUT2D eigenvalue weighted by Crippen LogP contribution is -2.25. The number of carbonyl (C=O) groups is 2. The molecule has 0 amide bonds. The number of rotatable bonds is 14.